The Morgan fingerprint density at radius 2 is 1.40 bits per heavy atom. The number of aliphatic carboxylic acids is 2. The van der Waals surface area contributed by atoms with Crippen LogP contribution in [0, 0.1) is 5.92 Å². The summed E-state index contributed by atoms with van der Waals surface area (Å²) in [5, 5.41) is 35.1. The number of aliphatic imine (C=N–C) groups is 1. The molecule has 3 amide bonds. The third kappa shape index (κ3) is 12.5. The molecule has 0 rings (SSSR count). The lowest BCUT2D eigenvalue weighted by atomic mass is 10.0. The average Bonchev–Trinajstić information content (AvgIpc) is 2.74. The van der Waals surface area contributed by atoms with Gasteiger partial charge in [0.05, 0.1) is 12.1 Å². The Morgan fingerprint density at radius 3 is 1.86 bits per heavy atom. The summed E-state index contributed by atoms with van der Waals surface area (Å²) in [4.78, 5) is 63.7. The minimum Gasteiger partial charge on any atom is -0.481 e. The maximum atomic E-state index is 12.8. The summed E-state index contributed by atoms with van der Waals surface area (Å²) in [7, 11) is 0. The van der Waals surface area contributed by atoms with Crippen molar-refractivity contribution in [1.82, 2.24) is 16.0 Å². The Morgan fingerprint density at radius 1 is 0.857 bits per heavy atom. The van der Waals surface area contributed by atoms with Gasteiger partial charge >= 0.3 is 11.9 Å². The highest BCUT2D eigenvalue weighted by Crippen LogP contribution is 2.07. The zero-order chi connectivity index (χ0) is 27.3. The van der Waals surface area contributed by atoms with Crippen LogP contribution in [0.3, 0.4) is 0 Å². The van der Waals surface area contributed by atoms with Crippen LogP contribution in [0.25, 0.3) is 0 Å². The van der Waals surface area contributed by atoms with Gasteiger partial charge in [0.25, 0.3) is 0 Å². The van der Waals surface area contributed by atoms with E-state index >= 15 is 0 Å². The highest BCUT2D eigenvalue weighted by Gasteiger charge is 2.33. The molecule has 200 valence electrons. The highest BCUT2D eigenvalue weighted by molar-refractivity contribution is 5.94. The predicted molar refractivity (Wildman–Crippen MR) is 125 cm³/mol. The third-order valence-electron chi connectivity index (χ3n) is 4.88. The van der Waals surface area contributed by atoms with Crippen molar-refractivity contribution in [1.29, 1.82) is 0 Å². The van der Waals surface area contributed by atoms with Gasteiger partial charge in [0.2, 0.25) is 17.7 Å². The van der Waals surface area contributed by atoms with Gasteiger partial charge in [-0.3, -0.25) is 24.2 Å². The number of carboxylic acid groups (broad SMARTS) is 2. The van der Waals surface area contributed by atoms with E-state index in [-0.39, 0.29) is 38.2 Å². The predicted octanol–water partition coefficient (Wildman–Crippen LogP) is -3.19. The summed E-state index contributed by atoms with van der Waals surface area (Å²) in [5.41, 5.74) is 16.1. The molecule has 0 aromatic rings. The lowest BCUT2D eigenvalue weighted by Crippen LogP contribution is -2.60. The van der Waals surface area contributed by atoms with Gasteiger partial charge in [-0.1, -0.05) is 13.8 Å². The Hall–Kier alpha value is -3.46. The molecule has 15 heteroatoms. The molecule has 15 nitrogen and oxygen atoms in total. The van der Waals surface area contributed by atoms with Gasteiger partial charge in [0, 0.05) is 13.0 Å². The molecule has 0 saturated carbocycles. The lowest BCUT2D eigenvalue weighted by Gasteiger charge is -2.28. The molecule has 0 heterocycles. The van der Waals surface area contributed by atoms with Crippen molar-refractivity contribution in [3.8, 4) is 0 Å². The van der Waals surface area contributed by atoms with E-state index in [0.717, 1.165) is 0 Å². The van der Waals surface area contributed by atoms with Crippen molar-refractivity contribution in [2.24, 2.45) is 28.1 Å². The van der Waals surface area contributed by atoms with Crippen LogP contribution < -0.4 is 33.2 Å². The number of nitrogens with two attached hydrogens (primary N) is 3. The van der Waals surface area contributed by atoms with E-state index in [4.69, 9.17) is 22.3 Å². The van der Waals surface area contributed by atoms with Crippen molar-refractivity contribution >= 4 is 35.6 Å². The lowest BCUT2D eigenvalue weighted by molar-refractivity contribution is -0.143. The van der Waals surface area contributed by atoms with Crippen LogP contribution in [0.4, 0.5) is 0 Å². The van der Waals surface area contributed by atoms with E-state index in [9.17, 15) is 34.2 Å². The number of aliphatic hydroxyl groups excluding tert-OH is 1. The first-order valence-corrected chi connectivity index (χ1v) is 11.0. The topological polar surface area (TPSA) is 273 Å². The maximum absolute atomic E-state index is 12.8. The Kier molecular flexibility index (Phi) is 13.9. The zero-order valence-electron chi connectivity index (χ0n) is 20.1. The molecular weight excluding hydrogens is 466 g/mol. The summed E-state index contributed by atoms with van der Waals surface area (Å²) in [5.74, 6) is -5.63. The van der Waals surface area contributed by atoms with E-state index in [0.29, 0.717) is 0 Å². The SMILES string of the molecule is CC(C)C(NC(=O)C(NC(=O)C(N)CCC(=O)O)C(C)O)C(=O)NC(CCCN=C(N)N)C(=O)O. The van der Waals surface area contributed by atoms with Crippen molar-refractivity contribution in [3.63, 3.8) is 0 Å². The van der Waals surface area contributed by atoms with Gasteiger partial charge in [-0.15, -0.1) is 0 Å². The number of hydrogen-bond acceptors (Lipinski definition) is 8. The molecule has 5 unspecified atom stereocenters. The summed E-state index contributed by atoms with van der Waals surface area (Å²) in [6, 6.07) is -5.20. The monoisotopic (exact) mass is 503 g/mol. The second-order valence-electron chi connectivity index (χ2n) is 8.34. The largest absolute Gasteiger partial charge is 0.481 e. The van der Waals surface area contributed by atoms with Gasteiger partial charge in [-0.25, -0.2) is 4.79 Å². The number of carbonyl (C=O) groups excluding carboxylic acids is 3. The standard InChI is InChI=1S/C20H37N7O8/c1-9(2)14(17(32)25-12(19(34)35)5-4-8-24-20(22)23)26-18(33)15(10(3)28)27-16(31)11(21)6-7-13(29)30/h9-12,14-15,28H,4-8,21H2,1-3H3,(H,25,32)(H,26,33)(H,27,31)(H,29,30)(H,34,35)(H4,22,23,24). The number of nitrogens with zero attached hydrogens (tertiary/aromatic N) is 1. The molecule has 0 bridgehead atoms. The second-order valence-corrected chi connectivity index (χ2v) is 8.34. The molecule has 0 radical (unpaired) electrons. The maximum Gasteiger partial charge on any atom is 0.326 e. The summed E-state index contributed by atoms with van der Waals surface area (Å²) < 4.78 is 0. The van der Waals surface area contributed by atoms with E-state index in [1.54, 1.807) is 13.8 Å². The number of rotatable bonds is 16. The molecule has 0 aromatic heterocycles. The second kappa shape index (κ2) is 15.4. The van der Waals surface area contributed by atoms with E-state index in [1.165, 1.54) is 6.92 Å². The summed E-state index contributed by atoms with van der Waals surface area (Å²) in [6.45, 7) is 4.61. The van der Waals surface area contributed by atoms with Crippen LogP contribution in [-0.4, -0.2) is 87.8 Å². The van der Waals surface area contributed by atoms with Crippen LogP contribution in [0.5, 0.6) is 0 Å². The van der Waals surface area contributed by atoms with Crippen LogP contribution in [-0.2, 0) is 24.0 Å². The molecule has 0 aliphatic heterocycles. The van der Waals surface area contributed by atoms with Crippen LogP contribution >= 0.6 is 0 Å². The smallest absolute Gasteiger partial charge is 0.326 e. The number of guanidine groups is 1. The molecule has 0 aromatic carbocycles. The minimum absolute atomic E-state index is 0.0250. The van der Waals surface area contributed by atoms with Crippen molar-refractivity contribution in [2.45, 2.75) is 76.7 Å². The minimum atomic E-state index is -1.50. The molecule has 0 saturated heterocycles. The number of hydrogen-bond donors (Lipinski definition) is 9. The number of aliphatic hydroxyl groups is 1. The average molecular weight is 504 g/mol. The summed E-state index contributed by atoms with van der Waals surface area (Å²) in [6.07, 6.45) is -1.65. The molecule has 0 aliphatic rings. The molecular formula is C20H37N7O8. The number of nitrogens with one attached hydrogen (secondary N) is 3. The van der Waals surface area contributed by atoms with Crippen LogP contribution in [0.2, 0.25) is 0 Å². The van der Waals surface area contributed by atoms with Crippen molar-refractivity contribution < 1.29 is 39.3 Å². The molecule has 35 heavy (non-hydrogen) atoms. The van der Waals surface area contributed by atoms with Gasteiger partial charge in [-0.2, -0.15) is 0 Å². The first-order valence-electron chi connectivity index (χ1n) is 11.0. The van der Waals surface area contributed by atoms with Gasteiger partial charge in [-0.05, 0) is 32.1 Å². The first-order chi connectivity index (χ1) is 16.2. The third-order valence-corrected chi connectivity index (χ3v) is 4.88. The van der Waals surface area contributed by atoms with E-state index in [1.807, 2.05) is 0 Å². The number of carboxylic acids is 2. The van der Waals surface area contributed by atoms with Crippen molar-refractivity contribution in [2.75, 3.05) is 6.54 Å². The number of amides is 3. The molecule has 12 N–H and O–H groups in total. The Balaban J connectivity index is 5.28. The fourth-order valence-electron chi connectivity index (χ4n) is 2.88. The van der Waals surface area contributed by atoms with Crippen LogP contribution in [0.1, 0.15) is 46.5 Å². The fraction of sp³-hybridized carbons (Fsp3) is 0.700. The van der Waals surface area contributed by atoms with Gasteiger partial charge in [0.1, 0.15) is 18.1 Å². The zero-order valence-corrected chi connectivity index (χ0v) is 20.1. The number of carbonyl (C=O) groups is 5. The molecule has 0 spiro atoms. The van der Waals surface area contributed by atoms with E-state index < -0.39 is 65.8 Å². The molecule has 5 atom stereocenters. The molecule has 0 aliphatic carbocycles. The van der Waals surface area contributed by atoms with E-state index in [2.05, 4.69) is 20.9 Å². The summed E-state index contributed by atoms with van der Waals surface area (Å²) >= 11 is 0. The van der Waals surface area contributed by atoms with Crippen LogP contribution in [0.15, 0.2) is 4.99 Å². The highest BCUT2D eigenvalue weighted by atomic mass is 16.4. The van der Waals surface area contributed by atoms with Gasteiger partial charge in [0.15, 0.2) is 5.96 Å². The first kappa shape index (κ1) is 31.5. The van der Waals surface area contributed by atoms with Gasteiger partial charge < -0.3 is 48.5 Å². The Labute approximate surface area is 202 Å². The fourth-order valence-corrected chi connectivity index (χ4v) is 2.88. The molecule has 0 fully saturated rings. The normalized spacial score (nSPS) is 15.1. The quantitative estimate of drug-likeness (QED) is 0.0574. The van der Waals surface area contributed by atoms with Crippen molar-refractivity contribution in [3.05, 3.63) is 0 Å². The Bertz CT molecular complexity index is 783.